The van der Waals surface area contributed by atoms with E-state index >= 15 is 0 Å². The molecule has 2 heterocycles. The fraction of sp³-hybridized carbons (Fsp3) is 0.278. The number of hydrogen-bond acceptors (Lipinski definition) is 4. The molecular weight excluding hydrogens is 324 g/mol. The van der Waals surface area contributed by atoms with Crippen LogP contribution < -0.4 is 5.32 Å². The number of furan rings is 1. The Hall–Kier alpha value is -3.09. The maximum Gasteiger partial charge on any atom is 0.371 e. The number of aromatic carboxylic acids is 1. The summed E-state index contributed by atoms with van der Waals surface area (Å²) in [6.45, 7) is 1.54. The lowest BCUT2D eigenvalue weighted by atomic mass is 10.1. The van der Waals surface area contributed by atoms with Crippen molar-refractivity contribution in [2.45, 2.75) is 25.9 Å². The summed E-state index contributed by atoms with van der Waals surface area (Å²) in [5.41, 5.74) is 1.88. The molecule has 1 saturated heterocycles. The lowest BCUT2D eigenvalue weighted by Gasteiger charge is -2.18. The van der Waals surface area contributed by atoms with E-state index in [9.17, 15) is 14.4 Å². The second-order valence-electron chi connectivity index (χ2n) is 5.84. The Morgan fingerprint density at radius 1 is 1.12 bits per heavy atom. The van der Waals surface area contributed by atoms with E-state index in [-0.39, 0.29) is 24.0 Å². The number of carbonyl (C=O) groups is 3. The number of hydrogen-bond donors (Lipinski definition) is 2. The molecule has 3 rings (SSSR count). The Morgan fingerprint density at radius 2 is 1.84 bits per heavy atom. The van der Waals surface area contributed by atoms with E-state index in [1.54, 1.807) is 0 Å². The van der Waals surface area contributed by atoms with Gasteiger partial charge in [-0.1, -0.05) is 24.3 Å². The maximum atomic E-state index is 12.1. The molecule has 2 amide bonds. The lowest BCUT2D eigenvalue weighted by Crippen LogP contribution is -2.26. The summed E-state index contributed by atoms with van der Waals surface area (Å²) in [6, 6.07) is 10.2. The summed E-state index contributed by atoms with van der Waals surface area (Å²) >= 11 is 0. The van der Waals surface area contributed by atoms with Crippen molar-refractivity contribution >= 4 is 17.8 Å². The number of amides is 2. The van der Waals surface area contributed by atoms with Crippen LogP contribution in [-0.4, -0.2) is 34.3 Å². The Bertz CT molecular complexity index is 811. The highest BCUT2D eigenvalue weighted by Gasteiger charge is 2.21. The van der Waals surface area contributed by atoms with Gasteiger partial charge in [0.25, 0.3) is 5.91 Å². The third kappa shape index (κ3) is 3.88. The average molecular weight is 342 g/mol. The molecule has 1 aliphatic rings. The molecule has 0 saturated carbocycles. The molecule has 0 unspecified atom stereocenters. The van der Waals surface area contributed by atoms with Gasteiger partial charge < -0.3 is 19.7 Å². The van der Waals surface area contributed by atoms with Crippen LogP contribution in [-0.2, 0) is 17.9 Å². The molecule has 2 aromatic rings. The summed E-state index contributed by atoms with van der Waals surface area (Å²) in [6.07, 6.45) is 1.46. The van der Waals surface area contributed by atoms with Crippen LogP contribution in [0.3, 0.4) is 0 Å². The predicted molar refractivity (Wildman–Crippen MR) is 87.9 cm³/mol. The summed E-state index contributed by atoms with van der Waals surface area (Å²) < 4.78 is 4.98. The van der Waals surface area contributed by atoms with Crippen molar-refractivity contribution in [3.63, 3.8) is 0 Å². The molecular formula is C18H18N2O5. The molecule has 2 N–H and O–H groups in total. The summed E-state index contributed by atoms with van der Waals surface area (Å²) in [4.78, 5) is 36.5. The fourth-order valence-corrected chi connectivity index (χ4v) is 2.80. The van der Waals surface area contributed by atoms with Crippen LogP contribution in [0.1, 0.15) is 45.1 Å². The van der Waals surface area contributed by atoms with Gasteiger partial charge in [0.15, 0.2) is 5.76 Å². The van der Waals surface area contributed by atoms with Crippen LogP contribution in [0.15, 0.2) is 40.8 Å². The summed E-state index contributed by atoms with van der Waals surface area (Å²) in [7, 11) is 0. The predicted octanol–water partition coefficient (Wildman–Crippen LogP) is 2.03. The number of benzene rings is 1. The number of nitrogens with one attached hydrogen (secondary N) is 1. The van der Waals surface area contributed by atoms with Crippen LogP contribution in [0.4, 0.5) is 0 Å². The highest BCUT2D eigenvalue weighted by atomic mass is 16.4. The van der Waals surface area contributed by atoms with Crippen molar-refractivity contribution in [3.05, 3.63) is 59.0 Å². The topological polar surface area (TPSA) is 99.8 Å². The van der Waals surface area contributed by atoms with Gasteiger partial charge in [0, 0.05) is 26.1 Å². The highest BCUT2D eigenvalue weighted by Crippen LogP contribution is 2.17. The Balaban J connectivity index is 1.65. The summed E-state index contributed by atoms with van der Waals surface area (Å²) in [5, 5.41) is 11.5. The minimum atomic E-state index is -1.22. The van der Waals surface area contributed by atoms with Crippen LogP contribution in [0.2, 0.25) is 0 Å². The van der Waals surface area contributed by atoms with Gasteiger partial charge in [-0.3, -0.25) is 9.59 Å². The van der Waals surface area contributed by atoms with Crippen molar-refractivity contribution in [1.82, 2.24) is 10.2 Å². The van der Waals surface area contributed by atoms with E-state index < -0.39 is 11.9 Å². The standard InChI is InChI=1S/C18H18N2O5/c21-16-6-3-9-20(16)11-13-5-2-1-4-12(13)10-19-17(22)14-7-8-15(25-14)18(23)24/h1-2,4-5,7-8H,3,6,9-11H2,(H,19,22)(H,23,24). The largest absolute Gasteiger partial charge is 0.475 e. The molecule has 0 atom stereocenters. The van der Waals surface area contributed by atoms with Crippen LogP contribution in [0.5, 0.6) is 0 Å². The van der Waals surface area contributed by atoms with Gasteiger partial charge in [0.1, 0.15) is 0 Å². The van der Waals surface area contributed by atoms with Gasteiger partial charge in [-0.05, 0) is 29.7 Å². The van der Waals surface area contributed by atoms with Gasteiger partial charge in [-0.25, -0.2) is 4.79 Å². The fourth-order valence-electron chi connectivity index (χ4n) is 2.80. The zero-order valence-electron chi connectivity index (χ0n) is 13.5. The van der Waals surface area contributed by atoms with Crippen molar-refractivity contribution in [3.8, 4) is 0 Å². The number of likely N-dealkylation sites (tertiary alicyclic amines) is 1. The first-order chi connectivity index (χ1) is 12.0. The molecule has 1 aromatic carbocycles. The molecule has 130 valence electrons. The number of carboxylic acids is 1. The maximum absolute atomic E-state index is 12.1. The normalized spacial score (nSPS) is 13.9. The van der Waals surface area contributed by atoms with Crippen LogP contribution in [0.25, 0.3) is 0 Å². The second-order valence-corrected chi connectivity index (χ2v) is 5.84. The van der Waals surface area contributed by atoms with Crippen molar-refractivity contribution < 1.29 is 23.9 Å². The molecule has 1 fully saturated rings. The summed E-state index contributed by atoms with van der Waals surface area (Å²) in [5.74, 6) is -1.89. The van der Waals surface area contributed by atoms with Gasteiger partial charge in [-0.15, -0.1) is 0 Å². The van der Waals surface area contributed by atoms with E-state index in [4.69, 9.17) is 9.52 Å². The first-order valence-corrected chi connectivity index (χ1v) is 8.00. The highest BCUT2D eigenvalue weighted by molar-refractivity contribution is 5.93. The third-order valence-corrected chi connectivity index (χ3v) is 4.13. The Kier molecular flexibility index (Phi) is 4.83. The number of nitrogens with zero attached hydrogens (tertiary/aromatic N) is 1. The number of carbonyl (C=O) groups excluding carboxylic acids is 2. The monoisotopic (exact) mass is 342 g/mol. The molecule has 7 nitrogen and oxygen atoms in total. The molecule has 25 heavy (non-hydrogen) atoms. The lowest BCUT2D eigenvalue weighted by molar-refractivity contribution is -0.128. The molecule has 1 aliphatic heterocycles. The zero-order valence-corrected chi connectivity index (χ0v) is 13.5. The second kappa shape index (κ2) is 7.21. The van der Waals surface area contributed by atoms with E-state index in [1.165, 1.54) is 12.1 Å². The SMILES string of the molecule is O=C(O)c1ccc(C(=O)NCc2ccccc2CN2CCCC2=O)o1. The van der Waals surface area contributed by atoms with Gasteiger partial charge in [0.05, 0.1) is 0 Å². The van der Waals surface area contributed by atoms with Crippen LogP contribution in [0, 0.1) is 0 Å². The van der Waals surface area contributed by atoms with E-state index in [0.717, 1.165) is 24.1 Å². The van der Waals surface area contributed by atoms with Gasteiger partial charge in [-0.2, -0.15) is 0 Å². The van der Waals surface area contributed by atoms with Crippen molar-refractivity contribution in [2.24, 2.45) is 0 Å². The van der Waals surface area contributed by atoms with Gasteiger partial charge >= 0.3 is 5.97 Å². The minimum Gasteiger partial charge on any atom is -0.475 e. The zero-order chi connectivity index (χ0) is 17.8. The molecule has 1 aromatic heterocycles. The molecule has 0 spiro atoms. The van der Waals surface area contributed by atoms with E-state index in [1.807, 2.05) is 29.2 Å². The molecule has 7 heteroatoms. The number of rotatable bonds is 6. The Labute approximate surface area is 144 Å². The quantitative estimate of drug-likeness (QED) is 0.837. The van der Waals surface area contributed by atoms with Crippen molar-refractivity contribution in [2.75, 3.05) is 6.54 Å². The van der Waals surface area contributed by atoms with Crippen LogP contribution >= 0.6 is 0 Å². The van der Waals surface area contributed by atoms with E-state index in [0.29, 0.717) is 13.0 Å². The molecule has 0 radical (unpaired) electrons. The molecule has 0 bridgehead atoms. The smallest absolute Gasteiger partial charge is 0.371 e. The number of carboxylic acid groups (broad SMARTS) is 1. The minimum absolute atomic E-state index is 0.0513. The molecule has 0 aliphatic carbocycles. The average Bonchev–Trinajstić information content (AvgIpc) is 3.24. The first kappa shape index (κ1) is 16.8. The van der Waals surface area contributed by atoms with Crippen molar-refractivity contribution in [1.29, 1.82) is 0 Å². The van der Waals surface area contributed by atoms with Gasteiger partial charge in [0.2, 0.25) is 11.7 Å². The van der Waals surface area contributed by atoms with E-state index in [2.05, 4.69) is 5.32 Å². The Morgan fingerprint density at radius 3 is 2.48 bits per heavy atom. The first-order valence-electron chi connectivity index (χ1n) is 8.00. The third-order valence-electron chi connectivity index (χ3n) is 4.13.